The van der Waals surface area contributed by atoms with Crippen LogP contribution in [0.25, 0.3) is 0 Å². The van der Waals surface area contributed by atoms with Gasteiger partial charge in [0.1, 0.15) is 5.71 Å². The molecule has 27 heavy (non-hydrogen) atoms. The minimum Gasteiger partial charge on any atom is -0.338 e. The summed E-state index contributed by atoms with van der Waals surface area (Å²) in [7, 11) is 0. The van der Waals surface area contributed by atoms with Gasteiger partial charge in [0.2, 0.25) is 5.91 Å². The molecule has 7 heteroatoms. The fraction of sp³-hybridized carbons (Fsp3) is 0.600. The number of carbonyl (C=O) groups is 1. The fourth-order valence-electron chi connectivity index (χ4n) is 4.57. The van der Waals surface area contributed by atoms with Crippen molar-refractivity contribution < 1.29 is 18.0 Å². The van der Waals surface area contributed by atoms with Crippen molar-refractivity contribution in [3.63, 3.8) is 0 Å². The maximum Gasteiger partial charge on any atom is 0.431 e. The molecule has 146 valence electrons. The molecule has 2 fully saturated rings. The topological polar surface area (TPSA) is 35.9 Å². The molecule has 3 atom stereocenters. The van der Waals surface area contributed by atoms with Crippen molar-refractivity contribution in [1.29, 1.82) is 0 Å². The summed E-state index contributed by atoms with van der Waals surface area (Å²) in [5.74, 6) is 0.0251. The van der Waals surface area contributed by atoms with E-state index in [2.05, 4.69) is 12.0 Å². The second-order valence-corrected chi connectivity index (χ2v) is 8.00. The van der Waals surface area contributed by atoms with Crippen molar-refractivity contribution in [3.8, 4) is 0 Å². The van der Waals surface area contributed by atoms with E-state index >= 15 is 0 Å². The van der Waals surface area contributed by atoms with Gasteiger partial charge >= 0.3 is 6.18 Å². The Balaban J connectivity index is 1.55. The van der Waals surface area contributed by atoms with Gasteiger partial charge in [0, 0.05) is 25.4 Å². The van der Waals surface area contributed by atoms with Gasteiger partial charge in [-0.05, 0) is 49.3 Å². The zero-order valence-electron chi connectivity index (χ0n) is 15.4. The lowest BCUT2D eigenvalue weighted by Crippen LogP contribution is -2.41. The fourth-order valence-corrected chi connectivity index (χ4v) is 4.57. The molecule has 4 rings (SSSR count). The van der Waals surface area contributed by atoms with Crippen LogP contribution in [0.15, 0.2) is 29.4 Å². The van der Waals surface area contributed by atoms with Crippen molar-refractivity contribution in [2.24, 2.45) is 16.9 Å². The van der Waals surface area contributed by atoms with Crippen molar-refractivity contribution in [2.45, 2.75) is 57.8 Å². The number of rotatable bonds is 3. The molecule has 1 saturated heterocycles. The number of halogens is 3. The van der Waals surface area contributed by atoms with Gasteiger partial charge in [-0.25, -0.2) is 0 Å². The molecule has 0 aromatic heterocycles. The van der Waals surface area contributed by atoms with Crippen LogP contribution in [0, 0.1) is 11.8 Å². The van der Waals surface area contributed by atoms with Crippen LogP contribution in [0.3, 0.4) is 0 Å². The molecule has 0 radical (unpaired) electrons. The van der Waals surface area contributed by atoms with E-state index in [0.717, 1.165) is 31.4 Å². The van der Waals surface area contributed by atoms with Crippen molar-refractivity contribution in [2.75, 3.05) is 11.6 Å². The summed E-state index contributed by atoms with van der Waals surface area (Å²) in [6.07, 6.45) is -0.822. The van der Waals surface area contributed by atoms with E-state index in [-0.39, 0.29) is 11.9 Å². The summed E-state index contributed by atoms with van der Waals surface area (Å²) < 4.78 is 40.4. The molecule has 0 bridgehead atoms. The van der Waals surface area contributed by atoms with Gasteiger partial charge in [-0.1, -0.05) is 19.1 Å². The number of amides is 1. The number of hydrogen-bond donors (Lipinski definition) is 0. The lowest BCUT2D eigenvalue weighted by Gasteiger charge is -2.35. The van der Waals surface area contributed by atoms with Gasteiger partial charge in [-0.15, -0.1) is 0 Å². The molecule has 3 unspecified atom stereocenters. The SMILES string of the molecule is CC1CCC2C(C(F)(F)F)=NN(c3ccc(CN4CCCC4=O)cc3)C2C1. The van der Waals surface area contributed by atoms with Crippen LogP contribution in [-0.4, -0.2) is 35.3 Å². The number of anilines is 1. The molecule has 1 aromatic carbocycles. The van der Waals surface area contributed by atoms with Crippen LogP contribution in [0.1, 0.15) is 44.6 Å². The third-order valence-corrected chi connectivity index (χ3v) is 6.00. The number of likely N-dealkylation sites (tertiary alicyclic amines) is 1. The monoisotopic (exact) mass is 379 g/mol. The van der Waals surface area contributed by atoms with E-state index in [9.17, 15) is 18.0 Å². The minimum absolute atomic E-state index is 0.164. The van der Waals surface area contributed by atoms with Crippen LogP contribution in [0.4, 0.5) is 18.9 Å². The first-order valence-corrected chi connectivity index (χ1v) is 9.64. The van der Waals surface area contributed by atoms with Gasteiger partial charge in [-0.3, -0.25) is 9.80 Å². The summed E-state index contributed by atoms with van der Waals surface area (Å²) >= 11 is 0. The Morgan fingerprint density at radius 2 is 1.93 bits per heavy atom. The highest BCUT2D eigenvalue weighted by Gasteiger charge is 2.51. The Kier molecular flexibility index (Phi) is 4.64. The van der Waals surface area contributed by atoms with Crippen LogP contribution in [-0.2, 0) is 11.3 Å². The van der Waals surface area contributed by atoms with E-state index < -0.39 is 17.8 Å². The number of alkyl halides is 3. The third kappa shape index (κ3) is 3.56. The average Bonchev–Trinajstić information content (AvgIpc) is 3.19. The molecule has 2 aliphatic heterocycles. The molecule has 4 nitrogen and oxygen atoms in total. The molecular formula is C20H24F3N3O. The largest absolute Gasteiger partial charge is 0.431 e. The molecule has 0 spiro atoms. The Hall–Kier alpha value is -2.05. The number of nitrogens with zero attached hydrogens (tertiary/aromatic N) is 3. The summed E-state index contributed by atoms with van der Waals surface area (Å²) in [5.41, 5.74) is 1.04. The van der Waals surface area contributed by atoms with Gasteiger partial charge in [0.25, 0.3) is 0 Å². The van der Waals surface area contributed by atoms with E-state index in [1.807, 2.05) is 29.2 Å². The van der Waals surface area contributed by atoms with Crippen LogP contribution >= 0.6 is 0 Å². The summed E-state index contributed by atoms with van der Waals surface area (Å²) in [5, 5.41) is 5.59. The molecule has 1 aliphatic carbocycles. The number of benzene rings is 1. The van der Waals surface area contributed by atoms with E-state index in [0.29, 0.717) is 31.0 Å². The number of hydrogen-bond acceptors (Lipinski definition) is 3. The van der Waals surface area contributed by atoms with Crippen molar-refractivity contribution >= 4 is 17.3 Å². The second-order valence-electron chi connectivity index (χ2n) is 8.00. The molecule has 2 heterocycles. The third-order valence-electron chi connectivity index (χ3n) is 6.00. The van der Waals surface area contributed by atoms with E-state index in [4.69, 9.17) is 0 Å². The zero-order valence-corrected chi connectivity index (χ0v) is 15.4. The highest BCUT2D eigenvalue weighted by molar-refractivity contribution is 5.95. The zero-order chi connectivity index (χ0) is 19.2. The Bertz CT molecular complexity index is 744. The average molecular weight is 379 g/mol. The first-order valence-electron chi connectivity index (χ1n) is 9.64. The molecule has 1 amide bonds. The maximum absolute atomic E-state index is 13.5. The minimum atomic E-state index is -4.38. The maximum atomic E-state index is 13.5. The summed E-state index contributed by atoms with van der Waals surface area (Å²) in [6.45, 7) is 3.42. The number of carbonyl (C=O) groups excluding carboxylic acids is 1. The lowest BCUT2D eigenvalue weighted by molar-refractivity contribution is -0.128. The quantitative estimate of drug-likeness (QED) is 0.783. The first kappa shape index (κ1) is 18.3. The standard InChI is InChI=1S/C20H24F3N3O/c1-13-4-9-16-17(11-13)26(24-19(16)20(21,22)23)15-7-5-14(6-8-15)12-25-10-2-3-18(25)27/h5-8,13,16-17H,2-4,9-12H2,1H3. The molecule has 3 aliphatic rings. The Morgan fingerprint density at radius 1 is 1.19 bits per heavy atom. The van der Waals surface area contributed by atoms with Crippen molar-refractivity contribution in [3.05, 3.63) is 29.8 Å². The lowest BCUT2D eigenvalue weighted by atomic mass is 9.77. The smallest absolute Gasteiger partial charge is 0.338 e. The number of hydrazone groups is 1. The van der Waals surface area contributed by atoms with Crippen LogP contribution < -0.4 is 5.01 Å². The Labute approximate surface area is 157 Å². The van der Waals surface area contributed by atoms with Gasteiger partial charge in [0.05, 0.1) is 11.7 Å². The van der Waals surface area contributed by atoms with Gasteiger partial charge in [0.15, 0.2) is 0 Å². The van der Waals surface area contributed by atoms with E-state index in [1.54, 1.807) is 5.01 Å². The van der Waals surface area contributed by atoms with Gasteiger partial charge < -0.3 is 4.90 Å². The first-order chi connectivity index (χ1) is 12.8. The van der Waals surface area contributed by atoms with E-state index in [1.165, 1.54) is 0 Å². The molecule has 1 aromatic rings. The highest BCUT2D eigenvalue weighted by Crippen LogP contribution is 2.43. The second kappa shape index (κ2) is 6.84. The summed E-state index contributed by atoms with van der Waals surface area (Å²) in [6, 6.07) is 7.22. The predicted octanol–water partition coefficient (Wildman–Crippen LogP) is 4.35. The normalized spacial score (nSPS) is 28.5. The summed E-state index contributed by atoms with van der Waals surface area (Å²) in [4.78, 5) is 13.6. The van der Waals surface area contributed by atoms with Gasteiger partial charge in [-0.2, -0.15) is 18.3 Å². The van der Waals surface area contributed by atoms with Crippen LogP contribution in [0.2, 0.25) is 0 Å². The molecule has 0 N–H and O–H groups in total. The molecule has 1 saturated carbocycles. The highest BCUT2D eigenvalue weighted by atomic mass is 19.4. The van der Waals surface area contributed by atoms with Crippen LogP contribution in [0.5, 0.6) is 0 Å². The molecular weight excluding hydrogens is 355 g/mol. The predicted molar refractivity (Wildman–Crippen MR) is 97.4 cm³/mol. The Morgan fingerprint density at radius 3 is 2.56 bits per heavy atom. The van der Waals surface area contributed by atoms with Crippen molar-refractivity contribution in [1.82, 2.24) is 4.90 Å². The number of fused-ring (bicyclic) bond motifs is 1.